The first-order valence-electron chi connectivity index (χ1n) is 7.71. The van der Waals surface area contributed by atoms with Gasteiger partial charge in [-0.15, -0.1) is 0 Å². The van der Waals surface area contributed by atoms with Gasteiger partial charge in [0, 0.05) is 5.56 Å². The first-order chi connectivity index (χ1) is 12.2. The van der Waals surface area contributed by atoms with Crippen molar-refractivity contribution in [3.8, 4) is 17.0 Å². The number of pyridine rings is 1. The number of benzene rings is 2. The Morgan fingerprint density at radius 1 is 1.08 bits per heavy atom. The number of amides is 1. The second-order valence-electron chi connectivity index (χ2n) is 5.47. The van der Waals surface area contributed by atoms with Crippen LogP contribution in [0.5, 0.6) is 5.75 Å². The van der Waals surface area contributed by atoms with Gasteiger partial charge in [-0.3, -0.25) is 14.6 Å². The summed E-state index contributed by atoms with van der Waals surface area (Å²) < 4.78 is 4.83. The topological polar surface area (TPSA) is 68.3 Å². The van der Waals surface area contributed by atoms with Crippen molar-refractivity contribution >= 4 is 18.1 Å². The molecule has 0 fully saturated rings. The smallest absolute Gasteiger partial charge is 0.298 e. The number of rotatable bonds is 5. The molecule has 5 heteroatoms. The maximum absolute atomic E-state index is 12.4. The van der Waals surface area contributed by atoms with Crippen molar-refractivity contribution in [2.75, 3.05) is 5.32 Å². The van der Waals surface area contributed by atoms with Crippen molar-refractivity contribution in [1.82, 2.24) is 4.98 Å². The predicted octanol–water partition coefficient (Wildman–Crippen LogP) is 3.84. The zero-order valence-electron chi connectivity index (χ0n) is 13.6. The Kier molecular flexibility index (Phi) is 4.85. The van der Waals surface area contributed by atoms with Gasteiger partial charge in [0.25, 0.3) is 12.4 Å². The third-order valence-electron chi connectivity index (χ3n) is 3.64. The number of hydrogen-bond donors (Lipinski definition) is 1. The molecule has 0 spiro atoms. The number of aryl methyl sites for hydroxylation is 1. The summed E-state index contributed by atoms with van der Waals surface area (Å²) in [6.07, 6.45) is 1.60. The number of nitrogens with one attached hydrogen (secondary N) is 1. The average Bonchev–Trinajstić information content (AvgIpc) is 2.63. The van der Waals surface area contributed by atoms with E-state index in [1.54, 1.807) is 36.5 Å². The molecular weight excluding hydrogens is 316 g/mol. The first kappa shape index (κ1) is 16.4. The molecule has 1 aromatic heterocycles. The fraction of sp³-hybridized carbons (Fsp3) is 0.0500. The number of ether oxygens (including phenoxy) is 1. The van der Waals surface area contributed by atoms with E-state index in [9.17, 15) is 9.59 Å². The van der Waals surface area contributed by atoms with Gasteiger partial charge < -0.3 is 10.1 Å². The van der Waals surface area contributed by atoms with Gasteiger partial charge in [0.2, 0.25) is 0 Å². The highest BCUT2D eigenvalue weighted by Gasteiger charge is 2.12. The Labute approximate surface area is 145 Å². The lowest BCUT2D eigenvalue weighted by Crippen LogP contribution is -2.13. The van der Waals surface area contributed by atoms with Crippen LogP contribution in [0.15, 0.2) is 66.9 Å². The van der Waals surface area contributed by atoms with Gasteiger partial charge in [-0.05, 0) is 37.3 Å². The molecule has 0 atom stereocenters. The van der Waals surface area contributed by atoms with E-state index in [2.05, 4.69) is 10.3 Å². The highest BCUT2D eigenvalue weighted by atomic mass is 16.5. The summed E-state index contributed by atoms with van der Waals surface area (Å²) in [7, 11) is 0. The Balaban J connectivity index is 1.78. The highest BCUT2D eigenvalue weighted by Crippen LogP contribution is 2.21. The van der Waals surface area contributed by atoms with Crippen molar-refractivity contribution in [3.63, 3.8) is 0 Å². The second kappa shape index (κ2) is 7.40. The lowest BCUT2D eigenvalue weighted by atomic mass is 10.1. The number of carbonyl (C=O) groups is 2. The average molecular weight is 332 g/mol. The standard InChI is InChI=1S/C20H16N2O3/c1-14-5-4-6-15(11-14)18-10-9-16(12-21-18)22-20(24)17-7-2-3-8-19(17)25-13-23/h2-13H,1H3,(H,22,24). The van der Waals surface area contributed by atoms with Gasteiger partial charge in [-0.1, -0.05) is 35.9 Å². The van der Waals surface area contributed by atoms with Gasteiger partial charge in [-0.2, -0.15) is 0 Å². The van der Waals surface area contributed by atoms with Gasteiger partial charge in [0.1, 0.15) is 5.75 Å². The predicted molar refractivity (Wildman–Crippen MR) is 95.5 cm³/mol. The van der Waals surface area contributed by atoms with Crippen molar-refractivity contribution in [3.05, 3.63) is 78.0 Å². The van der Waals surface area contributed by atoms with E-state index in [0.29, 0.717) is 12.2 Å². The minimum absolute atomic E-state index is 0.208. The van der Waals surface area contributed by atoms with E-state index in [4.69, 9.17) is 4.74 Å². The van der Waals surface area contributed by atoms with Gasteiger partial charge in [0.05, 0.1) is 23.1 Å². The van der Waals surface area contributed by atoms with Crippen LogP contribution in [0, 0.1) is 6.92 Å². The van der Waals surface area contributed by atoms with E-state index >= 15 is 0 Å². The molecule has 0 unspecified atom stereocenters. The molecule has 1 amide bonds. The van der Waals surface area contributed by atoms with E-state index < -0.39 is 0 Å². The molecule has 0 radical (unpaired) electrons. The summed E-state index contributed by atoms with van der Waals surface area (Å²) in [5, 5.41) is 2.75. The van der Waals surface area contributed by atoms with Crippen molar-refractivity contribution < 1.29 is 14.3 Å². The van der Waals surface area contributed by atoms with E-state index in [0.717, 1.165) is 16.8 Å². The summed E-state index contributed by atoms with van der Waals surface area (Å²) >= 11 is 0. The third-order valence-corrected chi connectivity index (χ3v) is 3.64. The molecule has 0 bridgehead atoms. The molecule has 1 N–H and O–H groups in total. The van der Waals surface area contributed by atoms with E-state index in [1.165, 1.54) is 0 Å². The quantitative estimate of drug-likeness (QED) is 0.721. The van der Waals surface area contributed by atoms with Crippen LogP contribution >= 0.6 is 0 Å². The fourth-order valence-corrected chi connectivity index (χ4v) is 2.45. The maximum atomic E-state index is 12.4. The van der Waals surface area contributed by atoms with Crippen LogP contribution in [0.1, 0.15) is 15.9 Å². The Morgan fingerprint density at radius 2 is 1.92 bits per heavy atom. The first-order valence-corrected chi connectivity index (χ1v) is 7.71. The Morgan fingerprint density at radius 3 is 2.64 bits per heavy atom. The molecule has 0 aliphatic rings. The summed E-state index contributed by atoms with van der Waals surface area (Å²) in [6.45, 7) is 2.32. The van der Waals surface area contributed by atoms with Gasteiger partial charge in [-0.25, -0.2) is 0 Å². The molecule has 3 aromatic rings. The number of nitrogens with zero attached hydrogens (tertiary/aromatic N) is 1. The minimum atomic E-state index is -0.373. The molecule has 5 nitrogen and oxygen atoms in total. The van der Waals surface area contributed by atoms with Crippen LogP contribution in [-0.4, -0.2) is 17.4 Å². The molecule has 124 valence electrons. The molecule has 1 heterocycles. The Bertz CT molecular complexity index is 905. The highest BCUT2D eigenvalue weighted by molar-refractivity contribution is 6.06. The molecule has 0 aliphatic heterocycles. The molecule has 0 saturated carbocycles. The van der Waals surface area contributed by atoms with Crippen molar-refractivity contribution in [1.29, 1.82) is 0 Å². The zero-order chi connectivity index (χ0) is 17.6. The summed E-state index contributed by atoms with van der Waals surface area (Å²) in [5.41, 5.74) is 3.83. The number of hydrogen-bond acceptors (Lipinski definition) is 4. The Hall–Kier alpha value is -3.47. The van der Waals surface area contributed by atoms with Gasteiger partial charge >= 0.3 is 0 Å². The van der Waals surface area contributed by atoms with Crippen LogP contribution in [0.3, 0.4) is 0 Å². The maximum Gasteiger partial charge on any atom is 0.298 e. The minimum Gasteiger partial charge on any atom is -0.428 e. The van der Waals surface area contributed by atoms with Crippen LogP contribution in [0.2, 0.25) is 0 Å². The third kappa shape index (κ3) is 3.90. The van der Waals surface area contributed by atoms with Crippen LogP contribution < -0.4 is 10.1 Å². The molecule has 0 saturated heterocycles. The zero-order valence-corrected chi connectivity index (χ0v) is 13.6. The normalized spacial score (nSPS) is 10.1. The molecule has 0 aliphatic carbocycles. The summed E-state index contributed by atoms with van der Waals surface area (Å²) in [6, 6.07) is 18.2. The number of carbonyl (C=O) groups excluding carboxylic acids is 2. The molecule has 2 aromatic carbocycles. The van der Waals surface area contributed by atoms with Crippen LogP contribution in [0.4, 0.5) is 5.69 Å². The lowest BCUT2D eigenvalue weighted by Gasteiger charge is -2.09. The molecular formula is C20H16N2O3. The monoisotopic (exact) mass is 332 g/mol. The SMILES string of the molecule is Cc1cccc(-c2ccc(NC(=O)c3ccccc3OC=O)cn2)c1. The van der Waals surface area contributed by atoms with Crippen molar-refractivity contribution in [2.45, 2.75) is 6.92 Å². The summed E-state index contributed by atoms with van der Waals surface area (Å²) in [4.78, 5) is 27.3. The number of aromatic nitrogens is 1. The molecule has 25 heavy (non-hydrogen) atoms. The second-order valence-corrected chi connectivity index (χ2v) is 5.47. The van der Waals surface area contributed by atoms with Crippen LogP contribution in [0.25, 0.3) is 11.3 Å². The fourth-order valence-electron chi connectivity index (χ4n) is 2.45. The van der Waals surface area contributed by atoms with Crippen molar-refractivity contribution in [2.24, 2.45) is 0 Å². The number of anilines is 1. The summed E-state index contributed by atoms with van der Waals surface area (Å²) in [5.74, 6) is -0.165. The van der Waals surface area contributed by atoms with E-state index in [-0.39, 0.29) is 17.2 Å². The number of para-hydroxylation sites is 1. The molecule has 3 rings (SSSR count). The lowest BCUT2D eigenvalue weighted by molar-refractivity contribution is -0.120. The van der Waals surface area contributed by atoms with Crippen LogP contribution in [-0.2, 0) is 4.79 Å². The van der Waals surface area contributed by atoms with Gasteiger partial charge in [0.15, 0.2) is 0 Å². The largest absolute Gasteiger partial charge is 0.428 e. The van der Waals surface area contributed by atoms with E-state index in [1.807, 2.05) is 37.3 Å².